The summed E-state index contributed by atoms with van der Waals surface area (Å²) in [5, 5.41) is 0. The van der Waals surface area contributed by atoms with Gasteiger partial charge in [-0.3, -0.25) is 0 Å². The Labute approximate surface area is 200 Å². The van der Waals surface area contributed by atoms with Crippen molar-refractivity contribution >= 4 is 11.9 Å². The predicted molar refractivity (Wildman–Crippen MR) is 133 cm³/mol. The van der Waals surface area contributed by atoms with Crippen molar-refractivity contribution in [3.63, 3.8) is 0 Å². The predicted octanol–water partition coefficient (Wildman–Crippen LogP) is 6.23. The SMILES string of the molecule is C=C(C)COc1cc(-c2ccc(OC(=O)C(=C)C)c(OCC(=C)C)c2)ccc1OC(=O)C(=C)C. The number of esters is 2. The molecule has 0 aliphatic heterocycles. The number of ether oxygens (including phenoxy) is 4. The molecule has 0 amide bonds. The maximum absolute atomic E-state index is 12.0. The molecule has 0 aliphatic rings. The zero-order chi connectivity index (χ0) is 25.4. The number of carbonyl (C=O) groups is 2. The van der Waals surface area contributed by atoms with Crippen LogP contribution in [0.3, 0.4) is 0 Å². The van der Waals surface area contributed by atoms with Gasteiger partial charge >= 0.3 is 11.9 Å². The number of hydrogen-bond acceptors (Lipinski definition) is 6. The quantitative estimate of drug-likeness (QED) is 0.171. The monoisotopic (exact) mass is 462 g/mol. The van der Waals surface area contributed by atoms with Gasteiger partial charge in [-0.1, -0.05) is 38.4 Å². The topological polar surface area (TPSA) is 71.1 Å². The Bertz CT molecular complexity index is 1060. The van der Waals surface area contributed by atoms with Crippen molar-refractivity contribution in [3.05, 3.63) is 85.0 Å². The van der Waals surface area contributed by atoms with E-state index in [4.69, 9.17) is 18.9 Å². The maximum atomic E-state index is 12.0. The average molecular weight is 463 g/mol. The van der Waals surface area contributed by atoms with Crippen molar-refractivity contribution < 1.29 is 28.5 Å². The lowest BCUT2D eigenvalue weighted by atomic mass is 10.0. The van der Waals surface area contributed by atoms with Gasteiger partial charge in [-0.15, -0.1) is 0 Å². The van der Waals surface area contributed by atoms with E-state index in [1.807, 2.05) is 13.8 Å². The van der Waals surface area contributed by atoms with Gasteiger partial charge in [0.25, 0.3) is 0 Å². The summed E-state index contributed by atoms with van der Waals surface area (Å²) >= 11 is 0. The molecule has 6 nitrogen and oxygen atoms in total. The summed E-state index contributed by atoms with van der Waals surface area (Å²) in [6, 6.07) is 10.4. The van der Waals surface area contributed by atoms with E-state index in [1.54, 1.807) is 50.2 Å². The van der Waals surface area contributed by atoms with E-state index in [1.165, 1.54) is 0 Å². The van der Waals surface area contributed by atoms with Crippen molar-refractivity contribution in [2.45, 2.75) is 27.7 Å². The van der Waals surface area contributed by atoms with Gasteiger partial charge in [-0.2, -0.15) is 0 Å². The van der Waals surface area contributed by atoms with Crippen molar-refractivity contribution in [1.82, 2.24) is 0 Å². The van der Waals surface area contributed by atoms with Crippen LogP contribution in [0.25, 0.3) is 11.1 Å². The lowest BCUT2D eigenvalue weighted by molar-refractivity contribution is -0.131. The Balaban J connectivity index is 2.48. The van der Waals surface area contributed by atoms with E-state index in [-0.39, 0.29) is 35.9 Å². The summed E-state index contributed by atoms with van der Waals surface area (Å²) in [4.78, 5) is 24.1. The fraction of sp³-hybridized carbons (Fsp3) is 0.214. The van der Waals surface area contributed by atoms with Crippen LogP contribution in [0.2, 0.25) is 0 Å². The molecule has 0 heterocycles. The normalized spacial score (nSPS) is 10.1. The summed E-state index contributed by atoms with van der Waals surface area (Å²) < 4.78 is 22.5. The van der Waals surface area contributed by atoms with E-state index in [0.717, 1.165) is 22.3 Å². The molecule has 34 heavy (non-hydrogen) atoms. The van der Waals surface area contributed by atoms with Crippen molar-refractivity contribution in [3.8, 4) is 34.1 Å². The second kappa shape index (κ2) is 11.7. The van der Waals surface area contributed by atoms with Crippen LogP contribution in [0.4, 0.5) is 0 Å². The number of carbonyl (C=O) groups excluding carboxylic acids is 2. The first kappa shape index (κ1) is 26.2. The van der Waals surface area contributed by atoms with Gasteiger partial charge in [-0.25, -0.2) is 9.59 Å². The Hall–Kier alpha value is -4.06. The van der Waals surface area contributed by atoms with Crippen LogP contribution in [-0.2, 0) is 9.59 Å². The first-order valence-electron chi connectivity index (χ1n) is 10.6. The molecule has 2 rings (SSSR count). The van der Waals surface area contributed by atoms with Crippen LogP contribution in [-0.4, -0.2) is 25.2 Å². The average Bonchev–Trinajstić information content (AvgIpc) is 2.77. The fourth-order valence-electron chi connectivity index (χ4n) is 2.55. The molecule has 0 bridgehead atoms. The highest BCUT2D eigenvalue weighted by Gasteiger charge is 2.16. The molecule has 2 aromatic carbocycles. The number of rotatable bonds is 11. The summed E-state index contributed by atoms with van der Waals surface area (Å²) in [6.45, 7) is 22.2. The molecule has 0 saturated heterocycles. The van der Waals surface area contributed by atoms with Gasteiger partial charge in [0, 0.05) is 11.1 Å². The van der Waals surface area contributed by atoms with Crippen LogP contribution in [0.1, 0.15) is 27.7 Å². The van der Waals surface area contributed by atoms with E-state index >= 15 is 0 Å². The molecule has 0 atom stereocenters. The van der Waals surface area contributed by atoms with Crippen molar-refractivity contribution in [2.24, 2.45) is 0 Å². The lowest BCUT2D eigenvalue weighted by Gasteiger charge is -2.16. The van der Waals surface area contributed by atoms with Crippen molar-refractivity contribution in [2.75, 3.05) is 13.2 Å². The smallest absolute Gasteiger partial charge is 0.338 e. The molecule has 0 radical (unpaired) electrons. The minimum absolute atomic E-state index is 0.254. The van der Waals surface area contributed by atoms with Gasteiger partial charge in [0.15, 0.2) is 23.0 Å². The van der Waals surface area contributed by atoms with Crippen LogP contribution in [0.15, 0.2) is 85.0 Å². The summed E-state index contributed by atoms with van der Waals surface area (Å²) in [5.74, 6) is 0.182. The van der Waals surface area contributed by atoms with Crippen LogP contribution in [0.5, 0.6) is 23.0 Å². The van der Waals surface area contributed by atoms with E-state index < -0.39 is 11.9 Å². The van der Waals surface area contributed by atoms with Crippen LogP contribution >= 0.6 is 0 Å². The first-order valence-corrected chi connectivity index (χ1v) is 10.6. The maximum Gasteiger partial charge on any atom is 0.338 e. The van der Waals surface area contributed by atoms with Gasteiger partial charge in [0.1, 0.15) is 13.2 Å². The summed E-state index contributed by atoms with van der Waals surface area (Å²) in [5.41, 5.74) is 3.70. The molecule has 6 heteroatoms. The Morgan fingerprint density at radius 1 is 0.618 bits per heavy atom. The van der Waals surface area contributed by atoms with Gasteiger partial charge in [0.05, 0.1) is 0 Å². The van der Waals surface area contributed by atoms with E-state index in [0.29, 0.717) is 11.5 Å². The van der Waals surface area contributed by atoms with Crippen LogP contribution in [0, 0.1) is 0 Å². The third-order valence-electron chi connectivity index (χ3n) is 4.27. The Kier molecular flexibility index (Phi) is 9.01. The third kappa shape index (κ3) is 7.52. The molecule has 0 unspecified atom stereocenters. The molecule has 2 aromatic rings. The zero-order valence-corrected chi connectivity index (χ0v) is 20.2. The summed E-state index contributed by atoms with van der Waals surface area (Å²) in [6.07, 6.45) is 0. The molecule has 0 aliphatic carbocycles. The molecule has 0 saturated carbocycles. The second-order valence-corrected chi connectivity index (χ2v) is 8.15. The highest BCUT2D eigenvalue weighted by Crippen LogP contribution is 2.37. The first-order chi connectivity index (χ1) is 16.0. The minimum atomic E-state index is -0.549. The van der Waals surface area contributed by atoms with E-state index in [2.05, 4.69) is 26.3 Å². The highest BCUT2D eigenvalue weighted by molar-refractivity contribution is 5.90. The largest absolute Gasteiger partial charge is 0.485 e. The molecule has 0 fully saturated rings. The second-order valence-electron chi connectivity index (χ2n) is 8.15. The zero-order valence-electron chi connectivity index (χ0n) is 20.2. The van der Waals surface area contributed by atoms with Gasteiger partial charge < -0.3 is 18.9 Å². The van der Waals surface area contributed by atoms with Crippen molar-refractivity contribution in [1.29, 1.82) is 0 Å². The highest BCUT2D eigenvalue weighted by atomic mass is 16.6. The summed E-state index contributed by atoms with van der Waals surface area (Å²) in [7, 11) is 0. The number of benzene rings is 2. The minimum Gasteiger partial charge on any atom is -0.485 e. The Morgan fingerprint density at radius 3 is 1.26 bits per heavy atom. The van der Waals surface area contributed by atoms with E-state index in [9.17, 15) is 9.59 Å². The molecule has 0 N–H and O–H groups in total. The molecular weight excluding hydrogens is 432 g/mol. The van der Waals surface area contributed by atoms with Crippen LogP contribution < -0.4 is 18.9 Å². The molecule has 0 spiro atoms. The number of hydrogen-bond donors (Lipinski definition) is 0. The molecular formula is C28H30O6. The molecule has 0 aromatic heterocycles. The fourth-order valence-corrected chi connectivity index (χ4v) is 2.55. The lowest BCUT2D eigenvalue weighted by Crippen LogP contribution is -2.10. The van der Waals surface area contributed by atoms with Gasteiger partial charge in [0.2, 0.25) is 0 Å². The Morgan fingerprint density at radius 2 is 0.971 bits per heavy atom. The van der Waals surface area contributed by atoms with Gasteiger partial charge in [-0.05, 0) is 74.2 Å². The molecule has 178 valence electrons. The standard InChI is InChI=1S/C28H30O6/c1-17(2)15-31-25-13-21(9-11-23(25)33-27(29)19(5)6)22-10-12-24(34-28(30)20(7)8)26(14-22)32-16-18(3)4/h9-14H,1,3,5,7,15-16H2,2,4,6,8H3. The third-order valence-corrected chi connectivity index (χ3v) is 4.27.